The monoisotopic (exact) mass is 379 g/mol. The summed E-state index contributed by atoms with van der Waals surface area (Å²) < 4.78 is 10.6. The van der Waals surface area contributed by atoms with Gasteiger partial charge in [0.25, 0.3) is 0 Å². The number of hydrogen-bond acceptors (Lipinski definition) is 8. The molecular weight excluding hydrogens is 362 g/mol. The van der Waals surface area contributed by atoms with Crippen molar-refractivity contribution < 1.29 is 14.4 Å². The van der Waals surface area contributed by atoms with Crippen molar-refractivity contribution >= 4 is 28.7 Å². The van der Waals surface area contributed by atoms with E-state index < -0.39 is 4.92 Å². The van der Waals surface area contributed by atoms with Crippen molar-refractivity contribution in [1.82, 2.24) is 9.97 Å². The van der Waals surface area contributed by atoms with Crippen molar-refractivity contribution in [2.75, 3.05) is 17.4 Å². The first-order valence-corrected chi connectivity index (χ1v) is 8.51. The second-order valence-electron chi connectivity index (χ2n) is 6.31. The zero-order chi connectivity index (χ0) is 19.7. The Kier molecular flexibility index (Phi) is 4.40. The van der Waals surface area contributed by atoms with Crippen LogP contribution < -0.4 is 20.1 Å². The van der Waals surface area contributed by atoms with Crippen LogP contribution in [-0.2, 0) is 0 Å². The lowest BCUT2D eigenvalue weighted by Crippen LogP contribution is -2.06. The molecule has 0 aliphatic carbocycles. The van der Waals surface area contributed by atoms with Crippen molar-refractivity contribution in [1.29, 1.82) is 0 Å². The van der Waals surface area contributed by atoms with Gasteiger partial charge in [0.2, 0.25) is 18.4 Å². The standard InChI is InChI=1S/C19H17N5O4/c1-11-3-5-14(12(2)7-11)23-19-17(24(25)26)18(20-9-21-19)22-13-4-6-15-16(8-13)28-10-27-15/h3-9H,10H2,1-2H3,(H2,20,21,22,23). The van der Waals surface area contributed by atoms with Gasteiger partial charge >= 0.3 is 5.69 Å². The minimum atomic E-state index is -0.513. The first-order chi connectivity index (χ1) is 13.5. The average Bonchev–Trinajstić information content (AvgIpc) is 3.12. The third-order valence-corrected chi connectivity index (χ3v) is 4.28. The van der Waals surface area contributed by atoms with E-state index in [4.69, 9.17) is 9.47 Å². The maximum absolute atomic E-state index is 11.8. The second-order valence-corrected chi connectivity index (χ2v) is 6.31. The van der Waals surface area contributed by atoms with E-state index in [2.05, 4.69) is 20.6 Å². The van der Waals surface area contributed by atoms with Gasteiger partial charge in [0.05, 0.1) is 4.92 Å². The normalized spacial score (nSPS) is 11.9. The second kappa shape index (κ2) is 7.03. The van der Waals surface area contributed by atoms with Crippen LogP contribution >= 0.6 is 0 Å². The molecule has 0 saturated carbocycles. The van der Waals surface area contributed by atoms with E-state index in [0.29, 0.717) is 17.2 Å². The third-order valence-electron chi connectivity index (χ3n) is 4.28. The number of benzene rings is 2. The Labute approximate surface area is 160 Å². The highest BCUT2D eigenvalue weighted by Gasteiger charge is 2.24. The van der Waals surface area contributed by atoms with E-state index >= 15 is 0 Å². The summed E-state index contributed by atoms with van der Waals surface area (Å²) in [5.74, 6) is 1.37. The zero-order valence-electron chi connectivity index (χ0n) is 15.2. The number of fused-ring (bicyclic) bond motifs is 1. The molecule has 0 amide bonds. The van der Waals surface area contributed by atoms with Crippen molar-refractivity contribution in [2.24, 2.45) is 0 Å². The molecule has 4 rings (SSSR count). The topological polar surface area (TPSA) is 111 Å². The third kappa shape index (κ3) is 3.37. The number of nitrogens with zero attached hydrogens (tertiary/aromatic N) is 3. The van der Waals surface area contributed by atoms with E-state index in [0.717, 1.165) is 16.8 Å². The molecule has 9 nitrogen and oxygen atoms in total. The van der Waals surface area contributed by atoms with Gasteiger partial charge in [0.1, 0.15) is 6.33 Å². The summed E-state index contributed by atoms with van der Waals surface area (Å²) in [5.41, 5.74) is 3.13. The van der Waals surface area contributed by atoms with E-state index in [-0.39, 0.29) is 24.1 Å². The zero-order valence-corrected chi connectivity index (χ0v) is 15.2. The molecule has 0 spiro atoms. The number of nitrogens with one attached hydrogen (secondary N) is 2. The van der Waals surface area contributed by atoms with Crippen LogP contribution in [-0.4, -0.2) is 21.7 Å². The van der Waals surface area contributed by atoms with Gasteiger partial charge in [0, 0.05) is 17.4 Å². The number of aryl methyl sites for hydroxylation is 2. The molecule has 0 saturated heterocycles. The molecule has 0 unspecified atom stereocenters. The van der Waals surface area contributed by atoms with Crippen LogP contribution in [0.2, 0.25) is 0 Å². The van der Waals surface area contributed by atoms with Gasteiger partial charge < -0.3 is 20.1 Å². The predicted octanol–water partition coefficient (Wildman–Crippen LogP) is 4.22. The molecule has 0 fully saturated rings. The van der Waals surface area contributed by atoms with Crippen LogP contribution in [0.15, 0.2) is 42.7 Å². The number of anilines is 4. The SMILES string of the molecule is Cc1ccc(Nc2ncnc(Nc3ccc4c(c3)OCO4)c2[N+](=O)[O-])c(C)c1. The van der Waals surface area contributed by atoms with Gasteiger partial charge in [-0.2, -0.15) is 0 Å². The minimum absolute atomic E-state index is 0.0751. The Balaban J connectivity index is 1.68. The summed E-state index contributed by atoms with van der Waals surface area (Å²) in [5, 5.41) is 17.8. The van der Waals surface area contributed by atoms with Crippen LogP contribution in [0.25, 0.3) is 0 Å². The molecule has 9 heteroatoms. The van der Waals surface area contributed by atoms with Crippen LogP contribution in [0.4, 0.5) is 28.7 Å². The fourth-order valence-electron chi connectivity index (χ4n) is 2.93. The summed E-state index contributed by atoms with van der Waals surface area (Å²) in [4.78, 5) is 19.4. The van der Waals surface area contributed by atoms with Gasteiger partial charge in [-0.25, -0.2) is 9.97 Å². The fourth-order valence-corrected chi connectivity index (χ4v) is 2.93. The van der Waals surface area contributed by atoms with Crippen LogP contribution in [0.5, 0.6) is 11.5 Å². The van der Waals surface area contributed by atoms with Gasteiger partial charge in [0.15, 0.2) is 11.5 Å². The molecule has 142 valence electrons. The van der Waals surface area contributed by atoms with Gasteiger partial charge in [-0.3, -0.25) is 10.1 Å². The summed E-state index contributed by atoms with van der Waals surface area (Å²) in [6.45, 7) is 4.06. The molecule has 0 radical (unpaired) electrons. The van der Waals surface area contributed by atoms with Crippen molar-refractivity contribution in [3.63, 3.8) is 0 Å². The van der Waals surface area contributed by atoms with E-state index in [1.165, 1.54) is 6.33 Å². The molecule has 1 aliphatic rings. The van der Waals surface area contributed by atoms with Crippen LogP contribution in [0.1, 0.15) is 11.1 Å². The quantitative estimate of drug-likeness (QED) is 0.501. The van der Waals surface area contributed by atoms with Crippen molar-refractivity contribution in [3.8, 4) is 11.5 Å². The molecule has 0 bridgehead atoms. The van der Waals surface area contributed by atoms with E-state index in [9.17, 15) is 10.1 Å². The highest BCUT2D eigenvalue weighted by molar-refractivity contribution is 5.78. The first kappa shape index (κ1) is 17.5. The van der Waals surface area contributed by atoms with E-state index in [1.807, 2.05) is 32.0 Å². The van der Waals surface area contributed by atoms with Gasteiger partial charge in [-0.15, -0.1) is 0 Å². The van der Waals surface area contributed by atoms with Crippen molar-refractivity contribution in [2.45, 2.75) is 13.8 Å². The number of rotatable bonds is 5. The van der Waals surface area contributed by atoms with Gasteiger partial charge in [-0.05, 0) is 37.6 Å². The lowest BCUT2D eigenvalue weighted by Gasteiger charge is -2.12. The molecule has 2 N–H and O–H groups in total. The lowest BCUT2D eigenvalue weighted by atomic mass is 10.1. The summed E-state index contributed by atoms with van der Waals surface area (Å²) in [6.07, 6.45) is 1.27. The maximum atomic E-state index is 11.8. The number of ether oxygens (including phenoxy) is 2. The molecule has 1 aromatic heterocycles. The average molecular weight is 379 g/mol. The Bertz CT molecular complexity index is 1070. The molecule has 1 aliphatic heterocycles. The molecule has 0 atom stereocenters. The number of nitro groups is 1. The molecule has 28 heavy (non-hydrogen) atoms. The highest BCUT2D eigenvalue weighted by Crippen LogP contribution is 2.37. The summed E-state index contributed by atoms with van der Waals surface area (Å²) in [7, 11) is 0. The first-order valence-electron chi connectivity index (χ1n) is 8.51. The number of aromatic nitrogens is 2. The van der Waals surface area contributed by atoms with Crippen LogP contribution in [0, 0.1) is 24.0 Å². The number of hydrogen-bond donors (Lipinski definition) is 2. The Morgan fingerprint density at radius 3 is 2.50 bits per heavy atom. The Morgan fingerprint density at radius 2 is 1.75 bits per heavy atom. The molecule has 2 aromatic carbocycles. The lowest BCUT2D eigenvalue weighted by molar-refractivity contribution is -0.383. The van der Waals surface area contributed by atoms with Crippen molar-refractivity contribution in [3.05, 3.63) is 64.0 Å². The highest BCUT2D eigenvalue weighted by atomic mass is 16.7. The fraction of sp³-hybridized carbons (Fsp3) is 0.158. The Hall–Kier alpha value is -3.88. The smallest absolute Gasteiger partial charge is 0.353 e. The summed E-state index contributed by atoms with van der Waals surface area (Å²) >= 11 is 0. The predicted molar refractivity (Wildman–Crippen MR) is 104 cm³/mol. The summed E-state index contributed by atoms with van der Waals surface area (Å²) in [6, 6.07) is 10.9. The Morgan fingerprint density at radius 1 is 1.00 bits per heavy atom. The maximum Gasteiger partial charge on any atom is 0.353 e. The largest absolute Gasteiger partial charge is 0.454 e. The molecular formula is C19H17N5O4. The minimum Gasteiger partial charge on any atom is -0.454 e. The van der Waals surface area contributed by atoms with E-state index in [1.54, 1.807) is 18.2 Å². The van der Waals surface area contributed by atoms with Crippen LogP contribution in [0.3, 0.4) is 0 Å². The van der Waals surface area contributed by atoms with Gasteiger partial charge in [-0.1, -0.05) is 17.7 Å². The molecule has 2 heterocycles. The molecule has 3 aromatic rings.